The highest BCUT2D eigenvalue weighted by atomic mass is 32.1. The third-order valence-electron chi connectivity index (χ3n) is 4.76. The summed E-state index contributed by atoms with van der Waals surface area (Å²) in [7, 11) is 0. The average Bonchev–Trinajstić information content (AvgIpc) is 2.95. The number of aromatic nitrogens is 1. The van der Waals surface area contributed by atoms with Gasteiger partial charge in [0, 0.05) is 12.6 Å². The largest absolute Gasteiger partial charge is 0.369 e. The van der Waals surface area contributed by atoms with Crippen molar-refractivity contribution in [3.8, 4) is 0 Å². The molecule has 26 heavy (non-hydrogen) atoms. The second kappa shape index (κ2) is 6.24. The Kier molecular flexibility index (Phi) is 4.03. The fourth-order valence-corrected chi connectivity index (χ4v) is 4.70. The molecule has 4 rings (SSSR count). The van der Waals surface area contributed by atoms with Crippen molar-refractivity contribution in [1.82, 2.24) is 4.98 Å². The number of carbonyl (C=O) groups excluding carboxylic acids is 1. The van der Waals surface area contributed by atoms with E-state index in [2.05, 4.69) is 20.3 Å². The Hall–Kier alpha value is -2.68. The van der Waals surface area contributed by atoms with Gasteiger partial charge in [-0.2, -0.15) is 4.99 Å². The van der Waals surface area contributed by atoms with Crippen molar-refractivity contribution in [2.45, 2.75) is 44.7 Å². The molecule has 1 spiro atoms. The minimum atomic E-state index is -0.465. The first-order valence-corrected chi connectivity index (χ1v) is 9.46. The lowest BCUT2D eigenvalue weighted by Crippen LogP contribution is -2.58. The van der Waals surface area contributed by atoms with E-state index in [0.717, 1.165) is 41.6 Å². The predicted octanol–water partition coefficient (Wildman–Crippen LogP) is 2.36. The Bertz CT molecular complexity index is 926. The molecule has 2 heterocycles. The van der Waals surface area contributed by atoms with Crippen molar-refractivity contribution < 1.29 is 4.79 Å². The van der Waals surface area contributed by atoms with Gasteiger partial charge in [-0.1, -0.05) is 17.8 Å². The van der Waals surface area contributed by atoms with Gasteiger partial charge in [0.2, 0.25) is 17.8 Å². The highest BCUT2D eigenvalue weighted by Gasteiger charge is 2.42. The summed E-state index contributed by atoms with van der Waals surface area (Å²) < 4.78 is 0.965. The number of benzene rings is 1. The van der Waals surface area contributed by atoms with Crippen LogP contribution in [-0.4, -0.2) is 28.5 Å². The van der Waals surface area contributed by atoms with Crippen LogP contribution >= 0.6 is 11.3 Å². The Morgan fingerprint density at radius 3 is 2.77 bits per heavy atom. The maximum absolute atomic E-state index is 11.3. The van der Waals surface area contributed by atoms with Gasteiger partial charge in [0.05, 0.1) is 10.2 Å². The molecule has 5 N–H and O–H groups in total. The first kappa shape index (κ1) is 16.8. The zero-order valence-corrected chi connectivity index (χ0v) is 15.3. The van der Waals surface area contributed by atoms with Crippen LogP contribution in [0.2, 0.25) is 0 Å². The summed E-state index contributed by atoms with van der Waals surface area (Å²) >= 11 is 1.43. The lowest BCUT2D eigenvalue weighted by atomic mass is 9.87. The smallest absolute Gasteiger partial charge is 0.223 e. The zero-order valence-electron chi connectivity index (χ0n) is 14.5. The first-order chi connectivity index (χ1) is 12.5. The number of rotatable bonds is 2. The molecule has 8 nitrogen and oxygen atoms in total. The number of hydrogen-bond donors (Lipinski definition) is 3. The van der Waals surface area contributed by atoms with E-state index in [4.69, 9.17) is 11.5 Å². The quantitative estimate of drug-likeness (QED) is 0.748. The Balaban J connectivity index is 1.76. The molecular formula is C17H21N7OS. The number of guanidine groups is 2. The lowest BCUT2D eigenvalue weighted by molar-refractivity contribution is -0.114. The first-order valence-electron chi connectivity index (χ1n) is 8.65. The number of aliphatic imine (C=N–C) groups is 2. The molecule has 0 bridgehead atoms. The van der Waals surface area contributed by atoms with Crippen molar-refractivity contribution in [2.24, 2.45) is 21.5 Å². The monoisotopic (exact) mass is 371 g/mol. The van der Waals surface area contributed by atoms with Crippen molar-refractivity contribution in [3.05, 3.63) is 18.2 Å². The summed E-state index contributed by atoms with van der Waals surface area (Å²) in [5.74, 6) is 0.473. The molecule has 0 atom stereocenters. The highest BCUT2D eigenvalue weighted by molar-refractivity contribution is 7.22. The summed E-state index contributed by atoms with van der Waals surface area (Å²) in [4.78, 5) is 26.6. The Labute approximate surface area is 155 Å². The third kappa shape index (κ3) is 2.88. The van der Waals surface area contributed by atoms with E-state index in [-0.39, 0.29) is 11.9 Å². The predicted molar refractivity (Wildman–Crippen MR) is 105 cm³/mol. The molecule has 0 radical (unpaired) electrons. The van der Waals surface area contributed by atoms with E-state index in [9.17, 15) is 4.79 Å². The highest BCUT2D eigenvalue weighted by Crippen LogP contribution is 2.40. The normalized spacial score (nSPS) is 19.3. The number of nitrogens with zero attached hydrogens (tertiary/aromatic N) is 4. The van der Waals surface area contributed by atoms with Crippen LogP contribution in [0.5, 0.6) is 0 Å². The summed E-state index contributed by atoms with van der Waals surface area (Å²) in [6.45, 7) is 1.47. The van der Waals surface area contributed by atoms with E-state index < -0.39 is 5.66 Å². The van der Waals surface area contributed by atoms with E-state index in [1.807, 2.05) is 23.1 Å². The number of nitrogens with one attached hydrogen (secondary N) is 1. The summed E-state index contributed by atoms with van der Waals surface area (Å²) in [5, 5.41) is 3.32. The molecular weight excluding hydrogens is 350 g/mol. The fourth-order valence-electron chi connectivity index (χ4n) is 3.75. The SMILES string of the molecule is CC(=O)Nc1nc2ccc(N3C(N)=NC(N)=NC34CCCCC4)cc2s1. The molecule has 1 amide bonds. The maximum Gasteiger partial charge on any atom is 0.223 e. The van der Waals surface area contributed by atoms with Gasteiger partial charge in [0.1, 0.15) is 5.66 Å². The topological polar surface area (TPSA) is 122 Å². The van der Waals surface area contributed by atoms with E-state index in [1.165, 1.54) is 24.7 Å². The van der Waals surface area contributed by atoms with Gasteiger partial charge < -0.3 is 16.8 Å². The number of fused-ring (bicyclic) bond motifs is 1. The van der Waals surface area contributed by atoms with Crippen LogP contribution in [-0.2, 0) is 4.79 Å². The van der Waals surface area contributed by atoms with Gasteiger partial charge in [-0.25, -0.2) is 9.98 Å². The number of hydrogen-bond acceptors (Lipinski definition) is 8. The summed E-state index contributed by atoms with van der Waals surface area (Å²) in [6.07, 6.45) is 5.13. The molecule has 136 valence electrons. The number of carbonyl (C=O) groups is 1. The van der Waals surface area contributed by atoms with Crippen molar-refractivity contribution in [2.75, 3.05) is 10.2 Å². The van der Waals surface area contributed by atoms with E-state index in [1.54, 1.807) is 0 Å². The van der Waals surface area contributed by atoms with Crippen LogP contribution in [0.4, 0.5) is 10.8 Å². The molecule has 1 aromatic heterocycles. The average molecular weight is 371 g/mol. The van der Waals surface area contributed by atoms with Gasteiger partial charge in [-0.15, -0.1) is 0 Å². The Morgan fingerprint density at radius 1 is 1.27 bits per heavy atom. The molecule has 0 unspecified atom stereocenters. The maximum atomic E-state index is 11.3. The molecule has 9 heteroatoms. The van der Waals surface area contributed by atoms with Gasteiger partial charge in [0.25, 0.3) is 0 Å². The van der Waals surface area contributed by atoms with Crippen LogP contribution in [0.25, 0.3) is 10.2 Å². The number of thiazole rings is 1. The molecule has 1 aliphatic carbocycles. The van der Waals surface area contributed by atoms with Crippen molar-refractivity contribution in [3.63, 3.8) is 0 Å². The lowest BCUT2D eigenvalue weighted by Gasteiger charge is -2.45. The standard InChI is InChI=1S/C17H21N7OS/c1-10(25)20-16-21-12-6-5-11(9-13(12)26-16)24-15(19)22-14(18)23-17(24)7-3-2-4-8-17/h5-6,9H,2-4,7-8H2,1H3,(H,20,21,25)(H4,18,19,22,23). The van der Waals surface area contributed by atoms with Gasteiger partial charge >= 0.3 is 0 Å². The minimum absolute atomic E-state index is 0.136. The molecule has 1 aromatic carbocycles. The van der Waals surface area contributed by atoms with E-state index in [0.29, 0.717) is 11.1 Å². The van der Waals surface area contributed by atoms with Gasteiger partial charge in [0.15, 0.2) is 5.13 Å². The van der Waals surface area contributed by atoms with Crippen LogP contribution in [0, 0.1) is 0 Å². The van der Waals surface area contributed by atoms with Crippen LogP contribution < -0.4 is 21.7 Å². The zero-order chi connectivity index (χ0) is 18.3. The number of nitrogens with two attached hydrogens (primary N) is 2. The van der Waals surface area contributed by atoms with Crippen molar-refractivity contribution >= 4 is 50.2 Å². The van der Waals surface area contributed by atoms with Gasteiger partial charge in [-0.3, -0.25) is 9.69 Å². The van der Waals surface area contributed by atoms with Crippen LogP contribution in [0.1, 0.15) is 39.0 Å². The number of anilines is 2. The third-order valence-corrected chi connectivity index (χ3v) is 5.70. The summed E-state index contributed by atoms with van der Waals surface area (Å²) in [6, 6.07) is 5.92. The minimum Gasteiger partial charge on any atom is -0.369 e. The second-order valence-corrected chi connectivity index (χ2v) is 7.70. The summed E-state index contributed by atoms with van der Waals surface area (Å²) in [5.41, 5.74) is 13.5. The molecule has 1 fully saturated rings. The molecule has 1 aliphatic heterocycles. The Morgan fingerprint density at radius 2 is 2.04 bits per heavy atom. The molecule has 1 saturated carbocycles. The number of amides is 1. The van der Waals surface area contributed by atoms with Crippen LogP contribution in [0.3, 0.4) is 0 Å². The van der Waals surface area contributed by atoms with Crippen molar-refractivity contribution in [1.29, 1.82) is 0 Å². The van der Waals surface area contributed by atoms with Crippen LogP contribution in [0.15, 0.2) is 28.2 Å². The van der Waals surface area contributed by atoms with Gasteiger partial charge in [-0.05, 0) is 43.9 Å². The second-order valence-electron chi connectivity index (χ2n) is 6.67. The molecule has 2 aliphatic rings. The fraction of sp³-hybridized carbons (Fsp3) is 0.412. The molecule has 0 saturated heterocycles. The molecule has 2 aromatic rings. The van der Waals surface area contributed by atoms with E-state index >= 15 is 0 Å².